The third kappa shape index (κ3) is 9.65. The fourth-order valence-electron chi connectivity index (χ4n) is 1.03. The number of aromatic amines is 2. The number of carboxylic acids is 2. The predicted octanol–water partition coefficient (Wildman–Crippen LogP) is -4.38. The molecule has 0 fully saturated rings. The lowest BCUT2D eigenvalue weighted by atomic mass is 10.2. The first-order valence-corrected chi connectivity index (χ1v) is 6.33. The Bertz CT molecular complexity index is 553. The summed E-state index contributed by atoms with van der Waals surface area (Å²) in [5.74, 6) is -3.58. The molecule has 2 aromatic rings. The van der Waals surface area contributed by atoms with Gasteiger partial charge in [0, 0.05) is 12.1 Å². The number of aliphatic hydroxyl groups excluding tert-OH is 2. The number of carbonyl (C=O) groups is 2. The molecule has 0 aliphatic rings. The minimum Gasteiger partial charge on any atom is -0.547 e. The quantitative estimate of drug-likeness (QED) is 0.430. The van der Waals surface area contributed by atoms with Gasteiger partial charge in [0.05, 0.1) is 11.9 Å². The highest BCUT2D eigenvalue weighted by molar-refractivity contribution is 5.80. The Kier molecular flexibility index (Phi) is 9.81. The monoisotopic (exact) mass is 340 g/mol. The summed E-state index contributed by atoms with van der Waals surface area (Å²) in [6.07, 6.45) is 1.62. The van der Waals surface area contributed by atoms with Crippen LogP contribution in [0.2, 0.25) is 0 Å². The number of aliphatic carboxylic acids is 2. The molecule has 2 rings (SSSR count). The highest BCUT2D eigenvalue weighted by atomic mass is 16.4. The maximum Gasteiger partial charge on any atom is 0.209 e. The molecule has 0 spiro atoms. The van der Waals surface area contributed by atoms with Crippen molar-refractivity contribution < 1.29 is 50.2 Å². The molecule has 10 heteroatoms. The molecule has 2 unspecified atom stereocenters. The smallest absolute Gasteiger partial charge is 0.209 e. The Morgan fingerprint density at radius 3 is 1.29 bits per heavy atom. The molecule has 0 saturated carbocycles. The first-order chi connectivity index (χ1) is 11.3. The maximum absolute atomic E-state index is 9.63. The van der Waals surface area contributed by atoms with E-state index in [1.165, 1.54) is 12.4 Å². The molecule has 0 amide bonds. The summed E-state index contributed by atoms with van der Waals surface area (Å²) in [5, 5.41) is 52.9. The van der Waals surface area contributed by atoms with Gasteiger partial charge in [0.25, 0.3) is 0 Å². The van der Waals surface area contributed by atoms with Gasteiger partial charge >= 0.3 is 0 Å². The molecular weight excluding hydrogens is 324 g/mol. The van der Waals surface area contributed by atoms with E-state index in [9.17, 15) is 19.8 Å². The fourth-order valence-corrected chi connectivity index (χ4v) is 1.03. The molecular formula is C14H16N2O8. The Labute approximate surface area is 135 Å². The topological polar surface area (TPSA) is 189 Å². The molecule has 24 heavy (non-hydrogen) atoms. The number of carbonyl (C=O) groups excluding carboxylic acids is 2. The molecule has 0 bridgehead atoms. The van der Waals surface area contributed by atoms with E-state index in [1.54, 1.807) is 36.7 Å². The number of rotatable bonds is 3. The lowest BCUT2D eigenvalue weighted by molar-refractivity contribution is -0.379. The van der Waals surface area contributed by atoms with Crippen molar-refractivity contribution in [3.8, 4) is 11.5 Å². The summed E-state index contributed by atoms with van der Waals surface area (Å²) < 4.78 is 0. The van der Waals surface area contributed by atoms with Gasteiger partial charge < -0.3 is 40.2 Å². The van der Waals surface area contributed by atoms with E-state index in [0.717, 1.165) is 0 Å². The lowest BCUT2D eigenvalue weighted by Gasteiger charge is -2.18. The van der Waals surface area contributed by atoms with Crippen LogP contribution in [0.15, 0.2) is 49.1 Å². The molecule has 0 aliphatic heterocycles. The number of hydrogen-bond acceptors (Lipinski definition) is 8. The predicted molar refractivity (Wildman–Crippen MR) is 71.4 cm³/mol. The molecule has 10 nitrogen and oxygen atoms in total. The van der Waals surface area contributed by atoms with Crippen LogP contribution in [0, 0.1) is 0 Å². The normalized spacial score (nSPS) is 11.6. The van der Waals surface area contributed by atoms with Gasteiger partial charge in [-0.2, -0.15) is 0 Å². The van der Waals surface area contributed by atoms with Gasteiger partial charge in [-0.05, 0) is 12.1 Å². The van der Waals surface area contributed by atoms with Crippen molar-refractivity contribution in [3.63, 3.8) is 0 Å². The Balaban J connectivity index is 0.000000337. The van der Waals surface area contributed by atoms with Crippen LogP contribution in [-0.4, -0.2) is 44.6 Å². The Hall–Kier alpha value is -3.24. The SMILES string of the molecule is O=C([O-])C(O)C(O)C(=O)[O-].Oc1ccc[nH+]c1.Oc1ccc[nH+]c1. The summed E-state index contributed by atoms with van der Waals surface area (Å²) in [5.41, 5.74) is 0. The van der Waals surface area contributed by atoms with E-state index in [0.29, 0.717) is 0 Å². The van der Waals surface area contributed by atoms with Crippen LogP contribution in [0.3, 0.4) is 0 Å². The average molecular weight is 340 g/mol. The maximum atomic E-state index is 9.63. The van der Waals surface area contributed by atoms with Crippen LogP contribution in [0.25, 0.3) is 0 Å². The molecule has 2 atom stereocenters. The van der Waals surface area contributed by atoms with Crippen LogP contribution in [-0.2, 0) is 9.59 Å². The third-order valence-electron chi connectivity index (χ3n) is 2.16. The third-order valence-corrected chi connectivity index (χ3v) is 2.16. The number of nitrogens with one attached hydrogen (secondary N) is 2. The molecule has 0 saturated heterocycles. The highest BCUT2D eigenvalue weighted by Crippen LogP contribution is 1.97. The molecule has 0 radical (unpaired) electrons. The second-order valence-electron chi connectivity index (χ2n) is 4.05. The van der Waals surface area contributed by atoms with Crippen LogP contribution >= 0.6 is 0 Å². The minimum atomic E-state index is -2.44. The Morgan fingerprint density at radius 2 is 1.17 bits per heavy atom. The molecule has 0 aromatic carbocycles. The van der Waals surface area contributed by atoms with Crippen molar-refractivity contribution in [2.75, 3.05) is 0 Å². The fraction of sp³-hybridized carbons (Fsp3) is 0.143. The van der Waals surface area contributed by atoms with E-state index in [4.69, 9.17) is 20.4 Å². The van der Waals surface area contributed by atoms with Gasteiger partial charge in [0.15, 0.2) is 23.9 Å². The van der Waals surface area contributed by atoms with Crippen LogP contribution in [0.4, 0.5) is 0 Å². The summed E-state index contributed by atoms with van der Waals surface area (Å²) in [7, 11) is 0. The summed E-state index contributed by atoms with van der Waals surface area (Å²) in [6.45, 7) is 0. The van der Waals surface area contributed by atoms with Crippen LogP contribution in [0.5, 0.6) is 11.5 Å². The molecule has 6 N–H and O–H groups in total. The van der Waals surface area contributed by atoms with E-state index < -0.39 is 24.1 Å². The molecule has 130 valence electrons. The van der Waals surface area contributed by atoms with Crippen molar-refractivity contribution in [2.24, 2.45) is 0 Å². The molecule has 2 heterocycles. The number of aromatic hydroxyl groups is 2. The zero-order valence-electron chi connectivity index (χ0n) is 12.2. The van der Waals surface area contributed by atoms with Crippen LogP contribution in [0.1, 0.15) is 0 Å². The van der Waals surface area contributed by atoms with Gasteiger partial charge in [-0.3, -0.25) is 0 Å². The number of pyridine rings is 2. The van der Waals surface area contributed by atoms with Crippen molar-refractivity contribution >= 4 is 11.9 Å². The standard InChI is InChI=1S/2C5H5NO.C4H6O6/c2*7-5-2-1-3-6-4-5;5-1(3(7)8)2(6)4(9)10/h2*1-4,7H;1-2,5-6H,(H,7,8)(H,9,10). The minimum absolute atomic E-state index is 0.266. The van der Waals surface area contributed by atoms with Gasteiger partial charge in [-0.25, -0.2) is 9.97 Å². The largest absolute Gasteiger partial charge is 0.547 e. The average Bonchev–Trinajstić information content (AvgIpc) is 2.56. The van der Waals surface area contributed by atoms with Crippen molar-refractivity contribution in [2.45, 2.75) is 12.2 Å². The zero-order chi connectivity index (χ0) is 18.5. The highest BCUT2D eigenvalue weighted by Gasteiger charge is 2.17. The first-order valence-electron chi connectivity index (χ1n) is 6.33. The number of H-pyrrole nitrogens is 2. The van der Waals surface area contributed by atoms with E-state index >= 15 is 0 Å². The molecule has 0 aliphatic carbocycles. The van der Waals surface area contributed by atoms with Crippen molar-refractivity contribution in [1.82, 2.24) is 0 Å². The first kappa shape index (κ1) is 20.8. The van der Waals surface area contributed by atoms with Gasteiger partial charge in [0.1, 0.15) is 12.2 Å². The number of hydrogen-bond donors (Lipinski definition) is 4. The Morgan fingerprint density at radius 1 is 0.833 bits per heavy atom. The van der Waals surface area contributed by atoms with Gasteiger partial charge in [0.2, 0.25) is 12.4 Å². The van der Waals surface area contributed by atoms with Crippen LogP contribution < -0.4 is 20.2 Å². The van der Waals surface area contributed by atoms with Gasteiger partial charge in [-0.1, -0.05) is 0 Å². The van der Waals surface area contributed by atoms with E-state index in [1.807, 2.05) is 0 Å². The number of aromatic nitrogens is 2. The number of aliphatic hydroxyl groups is 2. The molecule has 2 aromatic heterocycles. The summed E-state index contributed by atoms with van der Waals surface area (Å²) in [6, 6.07) is 6.68. The summed E-state index contributed by atoms with van der Waals surface area (Å²) >= 11 is 0. The van der Waals surface area contributed by atoms with E-state index in [2.05, 4.69) is 9.97 Å². The second kappa shape index (κ2) is 11.3. The van der Waals surface area contributed by atoms with Crippen molar-refractivity contribution in [3.05, 3.63) is 49.1 Å². The lowest BCUT2D eigenvalue weighted by Crippen LogP contribution is -2.51. The second-order valence-corrected chi connectivity index (χ2v) is 4.05. The summed E-state index contributed by atoms with van der Waals surface area (Å²) in [4.78, 5) is 24.7. The van der Waals surface area contributed by atoms with Gasteiger partial charge in [-0.15, -0.1) is 0 Å². The van der Waals surface area contributed by atoms with Crippen molar-refractivity contribution in [1.29, 1.82) is 0 Å². The number of carboxylic acid groups (broad SMARTS) is 2. The van der Waals surface area contributed by atoms with E-state index in [-0.39, 0.29) is 11.5 Å². The zero-order valence-corrected chi connectivity index (χ0v) is 12.2.